The van der Waals surface area contributed by atoms with Crippen molar-refractivity contribution >= 4 is 5.69 Å². The van der Waals surface area contributed by atoms with E-state index in [0.29, 0.717) is 0 Å². The fourth-order valence-corrected chi connectivity index (χ4v) is 2.42. The summed E-state index contributed by atoms with van der Waals surface area (Å²) in [4.78, 5) is 0. The van der Waals surface area contributed by atoms with Gasteiger partial charge in [0.1, 0.15) is 5.75 Å². The van der Waals surface area contributed by atoms with Crippen LogP contribution in [0.4, 0.5) is 5.69 Å². The van der Waals surface area contributed by atoms with Crippen LogP contribution in [0, 0.1) is 0 Å². The zero-order valence-electron chi connectivity index (χ0n) is 12.6. The Labute approximate surface area is 118 Å². The molecule has 2 N–H and O–H groups in total. The summed E-state index contributed by atoms with van der Waals surface area (Å²) >= 11 is 0. The molecule has 0 spiro atoms. The second kappa shape index (κ2) is 9.71. The first-order valence-corrected chi connectivity index (χ1v) is 7.70. The average molecular weight is 263 g/mol. The Morgan fingerprint density at radius 2 is 1.58 bits per heavy atom. The highest BCUT2D eigenvalue weighted by molar-refractivity contribution is 5.48. The van der Waals surface area contributed by atoms with Crippen molar-refractivity contribution in [3.05, 3.63) is 23.8 Å². The minimum absolute atomic E-state index is 0.775. The van der Waals surface area contributed by atoms with Gasteiger partial charge in [-0.25, -0.2) is 0 Å². The second-order valence-electron chi connectivity index (χ2n) is 5.30. The van der Waals surface area contributed by atoms with Crippen LogP contribution in [-0.4, -0.2) is 7.11 Å². The van der Waals surface area contributed by atoms with E-state index in [1.54, 1.807) is 7.11 Å². The molecule has 1 rings (SSSR count). The molecule has 108 valence electrons. The number of anilines is 1. The first-order chi connectivity index (χ1) is 9.27. The molecule has 19 heavy (non-hydrogen) atoms. The molecule has 0 radical (unpaired) electrons. The van der Waals surface area contributed by atoms with Crippen molar-refractivity contribution < 1.29 is 4.74 Å². The lowest BCUT2D eigenvalue weighted by molar-refractivity contribution is 0.409. The maximum absolute atomic E-state index is 5.76. The lowest BCUT2D eigenvalue weighted by atomic mass is 10.0. The van der Waals surface area contributed by atoms with E-state index in [-0.39, 0.29) is 0 Å². The van der Waals surface area contributed by atoms with Gasteiger partial charge in [0.25, 0.3) is 0 Å². The summed E-state index contributed by atoms with van der Waals surface area (Å²) in [5.74, 6) is 0.933. The van der Waals surface area contributed by atoms with E-state index in [4.69, 9.17) is 10.5 Å². The molecule has 0 aliphatic rings. The largest absolute Gasteiger partial charge is 0.496 e. The van der Waals surface area contributed by atoms with Gasteiger partial charge in [-0.15, -0.1) is 0 Å². The molecule has 0 heterocycles. The number of hydrogen-bond donors (Lipinski definition) is 1. The monoisotopic (exact) mass is 263 g/mol. The summed E-state index contributed by atoms with van der Waals surface area (Å²) in [6, 6.07) is 5.97. The van der Waals surface area contributed by atoms with Crippen LogP contribution in [0.5, 0.6) is 5.75 Å². The van der Waals surface area contributed by atoms with Crippen molar-refractivity contribution in [2.75, 3.05) is 12.8 Å². The number of nitrogen functional groups attached to an aromatic ring is 1. The van der Waals surface area contributed by atoms with Crippen molar-refractivity contribution in [2.45, 2.75) is 64.7 Å². The van der Waals surface area contributed by atoms with Gasteiger partial charge in [0.15, 0.2) is 0 Å². The highest BCUT2D eigenvalue weighted by Crippen LogP contribution is 2.23. The maximum Gasteiger partial charge on any atom is 0.124 e. The molecule has 1 aromatic carbocycles. The van der Waals surface area contributed by atoms with Gasteiger partial charge in [-0.3, -0.25) is 0 Å². The van der Waals surface area contributed by atoms with E-state index in [9.17, 15) is 0 Å². The normalized spacial score (nSPS) is 10.6. The van der Waals surface area contributed by atoms with Crippen LogP contribution in [0.2, 0.25) is 0 Å². The number of rotatable bonds is 10. The topological polar surface area (TPSA) is 35.2 Å². The molecule has 0 bridgehead atoms. The molecular weight excluding hydrogens is 234 g/mol. The lowest BCUT2D eigenvalue weighted by Crippen LogP contribution is -1.95. The lowest BCUT2D eigenvalue weighted by Gasteiger charge is -2.09. The van der Waals surface area contributed by atoms with E-state index in [0.717, 1.165) is 17.9 Å². The van der Waals surface area contributed by atoms with E-state index in [1.807, 2.05) is 12.1 Å². The van der Waals surface area contributed by atoms with Crippen molar-refractivity contribution in [1.82, 2.24) is 0 Å². The third-order valence-electron chi connectivity index (χ3n) is 3.61. The van der Waals surface area contributed by atoms with Crippen molar-refractivity contribution in [3.8, 4) is 5.75 Å². The number of unbranched alkanes of at least 4 members (excludes halogenated alkanes) is 7. The molecule has 1 aromatic rings. The van der Waals surface area contributed by atoms with Crippen LogP contribution < -0.4 is 10.5 Å². The fourth-order valence-electron chi connectivity index (χ4n) is 2.42. The number of ether oxygens (including phenoxy) is 1. The first kappa shape index (κ1) is 15.9. The van der Waals surface area contributed by atoms with Crippen molar-refractivity contribution in [2.24, 2.45) is 0 Å². The quantitative estimate of drug-likeness (QED) is 0.478. The summed E-state index contributed by atoms with van der Waals surface area (Å²) in [7, 11) is 1.71. The van der Waals surface area contributed by atoms with Crippen molar-refractivity contribution in [3.63, 3.8) is 0 Å². The Balaban J connectivity index is 2.15. The Morgan fingerprint density at radius 3 is 2.21 bits per heavy atom. The van der Waals surface area contributed by atoms with Gasteiger partial charge >= 0.3 is 0 Å². The molecule has 0 aliphatic heterocycles. The van der Waals surface area contributed by atoms with Crippen LogP contribution in [0.1, 0.15) is 63.9 Å². The number of nitrogens with two attached hydrogens (primary N) is 1. The predicted octanol–water partition coefficient (Wildman–Crippen LogP) is 4.96. The molecule has 0 unspecified atom stereocenters. The molecule has 0 aliphatic carbocycles. The highest BCUT2D eigenvalue weighted by Gasteiger charge is 2.03. The van der Waals surface area contributed by atoms with Gasteiger partial charge in [-0.1, -0.05) is 57.9 Å². The standard InChI is InChI=1S/C17H29NO/c1-3-4-5-6-7-8-9-10-11-15-12-13-16(18)14-17(15)19-2/h12-14H,3-11,18H2,1-2H3. The highest BCUT2D eigenvalue weighted by atomic mass is 16.5. The Morgan fingerprint density at radius 1 is 0.947 bits per heavy atom. The molecule has 2 nitrogen and oxygen atoms in total. The Hall–Kier alpha value is -1.18. The molecule has 0 amide bonds. The molecule has 0 saturated carbocycles. The van der Waals surface area contributed by atoms with Gasteiger partial charge in [-0.05, 0) is 24.5 Å². The number of hydrogen-bond acceptors (Lipinski definition) is 2. The summed E-state index contributed by atoms with van der Waals surface area (Å²) in [5.41, 5.74) is 7.81. The molecule has 0 atom stereocenters. The van der Waals surface area contributed by atoms with E-state index >= 15 is 0 Å². The number of aryl methyl sites for hydroxylation is 1. The van der Waals surface area contributed by atoms with Gasteiger partial charge in [0.2, 0.25) is 0 Å². The summed E-state index contributed by atoms with van der Waals surface area (Å²) in [6.07, 6.45) is 11.9. The Kier molecular flexibility index (Phi) is 8.11. The molecule has 2 heteroatoms. The van der Waals surface area contributed by atoms with Gasteiger partial charge in [0, 0.05) is 11.8 Å². The van der Waals surface area contributed by atoms with Crippen LogP contribution >= 0.6 is 0 Å². The minimum atomic E-state index is 0.775. The Bertz CT molecular complexity index is 349. The van der Waals surface area contributed by atoms with Crippen LogP contribution in [0.25, 0.3) is 0 Å². The van der Waals surface area contributed by atoms with Gasteiger partial charge < -0.3 is 10.5 Å². The van der Waals surface area contributed by atoms with Crippen LogP contribution in [0.3, 0.4) is 0 Å². The zero-order valence-corrected chi connectivity index (χ0v) is 12.6. The number of benzene rings is 1. The SMILES string of the molecule is CCCCCCCCCCc1ccc(N)cc1OC. The minimum Gasteiger partial charge on any atom is -0.496 e. The maximum atomic E-state index is 5.76. The zero-order chi connectivity index (χ0) is 13.9. The predicted molar refractivity (Wildman–Crippen MR) is 83.7 cm³/mol. The molecule has 0 saturated heterocycles. The summed E-state index contributed by atoms with van der Waals surface area (Å²) in [5, 5.41) is 0. The van der Waals surface area contributed by atoms with Crippen molar-refractivity contribution in [1.29, 1.82) is 0 Å². The fraction of sp³-hybridized carbons (Fsp3) is 0.647. The molecule has 0 fully saturated rings. The van der Waals surface area contributed by atoms with Gasteiger partial charge in [-0.2, -0.15) is 0 Å². The third-order valence-corrected chi connectivity index (χ3v) is 3.61. The van der Waals surface area contributed by atoms with E-state index in [2.05, 4.69) is 13.0 Å². The summed E-state index contributed by atoms with van der Waals surface area (Å²) in [6.45, 7) is 2.26. The van der Waals surface area contributed by atoms with Crippen LogP contribution in [-0.2, 0) is 6.42 Å². The van der Waals surface area contributed by atoms with Gasteiger partial charge in [0.05, 0.1) is 7.11 Å². The van der Waals surface area contributed by atoms with Crippen LogP contribution in [0.15, 0.2) is 18.2 Å². The second-order valence-corrected chi connectivity index (χ2v) is 5.30. The molecule has 0 aromatic heterocycles. The van der Waals surface area contributed by atoms with E-state index < -0.39 is 0 Å². The first-order valence-electron chi connectivity index (χ1n) is 7.70. The third kappa shape index (κ3) is 6.51. The average Bonchev–Trinajstić information content (AvgIpc) is 2.43. The number of methoxy groups -OCH3 is 1. The summed E-state index contributed by atoms with van der Waals surface area (Å²) < 4.78 is 5.37. The smallest absolute Gasteiger partial charge is 0.124 e. The molecular formula is C17H29NO. The van der Waals surface area contributed by atoms with E-state index in [1.165, 1.54) is 56.9 Å².